The van der Waals surface area contributed by atoms with E-state index in [9.17, 15) is 9.59 Å². The average Bonchev–Trinajstić information content (AvgIpc) is 3.24. The molecule has 2 aromatic heterocycles. The number of piperazine rings is 1. The molecule has 0 unspecified atom stereocenters. The van der Waals surface area contributed by atoms with Gasteiger partial charge in [0.25, 0.3) is 11.4 Å². The van der Waals surface area contributed by atoms with Crippen molar-refractivity contribution in [1.82, 2.24) is 24.6 Å². The minimum absolute atomic E-state index is 0.0142. The van der Waals surface area contributed by atoms with Gasteiger partial charge in [0.15, 0.2) is 5.82 Å². The fourth-order valence-electron chi connectivity index (χ4n) is 3.54. The zero-order chi connectivity index (χ0) is 21.8. The van der Waals surface area contributed by atoms with Gasteiger partial charge in [-0.25, -0.2) is 4.98 Å². The Hall–Kier alpha value is -3.69. The second kappa shape index (κ2) is 8.99. The minimum atomic E-state index is -0.309. The highest BCUT2D eigenvalue weighted by Gasteiger charge is 2.21. The molecule has 31 heavy (non-hydrogen) atoms. The van der Waals surface area contributed by atoms with E-state index in [2.05, 4.69) is 20.0 Å². The van der Waals surface area contributed by atoms with E-state index in [-0.39, 0.29) is 35.9 Å². The molecule has 0 atom stereocenters. The fourth-order valence-corrected chi connectivity index (χ4v) is 3.54. The Morgan fingerprint density at radius 3 is 2.55 bits per heavy atom. The number of aromatic nitrogens is 4. The van der Waals surface area contributed by atoms with Gasteiger partial charge in [-0.1, -0.05) is 5.16 Å². The number of methoxy groups -OCH3 is 1. The van der Waals surface area contributed by atoms with Crippen molar-refractivity contribution in [3.63, 3.8) is 0 Å². The van der Waals surface area contributed by atoms with Crippen molar-refractivity contribution in [2.75, 3.05) is 38.2 Å². The number of hydrogen-bond donors (Lipinski definition) is 0. The molecule has 0 saturated carbocycles. The van der Waals surface area contributed by atoms with Gasteiger partial charge < -0.3 is 19.1 Å². The SMILES string of the molecule is COc1ccc(N2CCN(C(=O)CCn3cncc(-c4nc(C)no4)c3=O)CC2)cc1. The molecule has 162 valence electrons. The molecule has 3 heterocycles. The molecule has 1 fully saturated rings. The largest absolute Gasteiger partial charge is 0.497 e. The number of anilines is 1. The minimum Gasteiger partial charge on any atom is -0.497 e. The molecule has 10 heteroatoms. The fraction of sp³-hybridized carbons (Fsp3) is 0.381. The van der Waals surface area contributed by atoms with E-state index < -0.39 is 0 Å². The quantitative estimate of drug-likeness (QED) is 0.584. The first-order chi connectivity index (χ1) is 15.0. The van der Waals surface area contributed by atoms with E-state index in [4.69, 9.17) is 9.26 Å². The van der Waals surface area contributed by atoms with Crippen molar-refractivity contribution in [2.45, 2.75) is 19.9 Å². The molecule has 0 spiro atoms. The van der Waals surface area contributed by atoms with E-state index >= 15 is 0 Å². The summed E-state index contributed by atoms with van der Waals surface area (Å²) in [5, 5.41) is 3.70. The van der Waals surface area contributed by atoms with Gasteiger partial charge in [0, 0.05) is 51.0 Å². The monoisotopic (exact) mass is 424 g/mol. The molecule has 1 aliphatic rings. The zero-order valence-electron chi connectivity index (χ0n) is 17.5. The van der Waals surface area contributed by atoms with E-state index in [1.54, 1.807) is 14.0 Å². The number of amides is 1. The Morgan fingerprint density at radius 2 is 1.90 bits per heavy atom. The van der Waals surface area contributed by atoms with Crippen LogP contribution >= 0.6 is 0 Å². The third-order valence-electron chi connectivity index (χ3n) is 5.30. The van der Waals surface area contributed by atoms with Crippen molar-refractivity contribution in [3.05, 3.63) is 53.0 Å². The summed E-state index contributed by atoms with van der Waals surface area (Å²) >= 11 is 0. The van der Waals surface area contributed by atoms with Crippen LogP contribution in [0.5, 0.6) is 5.75 Å². The van der Waals surface area contributed by atoms with Crippen LogP contribution in [0.3, 0.4) is 0 Å². The number of aryl methyl sites for hydroxylation is 2. The maximum Gasteiger partial charge on any atom is 0.266 e. The van der Waals surface area contributed by atoms with Gasteiger partial charge >= 0.3 is 0 Å². The molecular formula is C21H24N6O4. The second-order valence-electron chi connectivity index (χ2n) is 7.27. The van der Waals surface area contributed by atoms with Crippen LogP contribution in [0.2, 0.25) is 0 Å². The van der Waals surface area contributed by atoms with Crippen molar-refractivity contribution >= 4 is 11.6 Å². The van der Waals surface area contributed by atoms with Crippen molar-refractivity contribution in [1.29, 1.82) is 0 Å². The molecule has 3 aromatic rings. The first-order valence-corrected chi connectivity index (χ1v) is 10.1. The van der Waals surface area contributed by atoms with Crippen LogP contribution in [-0.2, 0) is 11.3 Å². The highest BCUT2D eigenvalue weighted by molar-refractivity contribution is 5.76. The second-order valence-corrected chi connectivity index (χ2v) is 7.27. The van der Waals surface area contributed by atoms with Gasteiger partial charge in [-0.3, -0.25) is 14.2 Å². The number of hydrogen-bond acceptors (Lipinski definition) is 8. The van der Waals surface area contributed by atoms with Gasteiger partial charge in [0.1, 0.15) is 11.3 Å². The highest BCUT2D eigenvalue weighted by Crippen LogP contribution is 2.20. The molecule has 0 bridgehead atoms. The Bertz CT molecular complexity index is 1100. The molecule has 0 radical (unpaired) electrons. The van der Waals surface area contributed by atoms with Gasteiger partial charge in [0.2, 0.25) is 5.91 Å². The van der Waals surface area contributed by atoms with Crippen LogP contribution < -0.4 is 15.2 Å². The van der Waals surface area contributed by atoms with E-state index in [0.29, 0.717) is 18.9 Å². The summed E-state index contributed by atoms with van der Waals surface area (Å²) < 4.78 is 11.7. The summed E-state index contributed by atoms with van der Waals surface area (Å²) in [4.78, 5) is 37.6. The van der Waals surface area contributed by atoms with Gasteiger partial charge in [-0.15, -0.1) is 0 Å². The average molecular weight is 424 g/mol. The Kier molecular flexibility index (Phi) is 5.96. The molecular weight excluding hydrogens is 400 g/mol. The third kappa shape index (κ3) is 4.57. The Balaban J connectivity index is 1.33. The molecule has 0 aliphatic carbocycles. The maximum atomic E-state index is 12.7. The first-order valence-electron chi connectivity index (χ1n) is 10.1. The molecule has 1 aromatic carbocycles. The number of ether oxygens (including phenoxy) is 1. The van der Waals surface area contributed by atoms with Crippen LogP contribution in [-0.4, -0.2) is 63.8 Å². The van der Waals surface area contributed by atoms with Crippen LogP contribution in [0, 0.1) is 6.92 Å². The standard InChI is InChI=1S/C21H24N6O4/c1-15-23-20(31-24-15)18-13-22-14-27(21(18)29)8-7-19(28)26-11-9-25(10-12-26)16-3-5-17(30-2)6-4-16/h3-6,13-14H,7-12H2,1-2H3. The number of benzene rings is 1. The summed E-state index contributed by atoms with van der Waals surface area (Å²) in [5.41, 5.74) is 1.03. The Morgan fingerprint density at radius 1 is 1.16 bits per heavy atom. The van der Waals surface area contributed by atoms with E-state index in [0.717, 1.165) is 24.5 Å². The van der Waals surface area contributed by atoms with Crippen molar-refractivity contribution in [2.24, 2.45) is 0 Å². The molecule has 0 N–H and O–H groups in total. The number of rotatable bonds is 6. The summed E-state index contributed by atoms with van der Waals surface area (Å²) in [6.07, 6.45) is 3.03. The lowest BCUT2D eigenvalue weighted by Gasteiger charge is -2.36. The maximum absolute atomic E-state index is 12.7. The predicted molar refractivity (Wildman–Crippen MR) is 113 cm³/mol. The normalized spacial score (nSPS) is 14.0. The smallest absolute Gasteiger partial charge is 0.266 e. The zero-order valence-corrected chi connectivity index (χ0v) is 17.5. The van der Waals surface area contributed by atoms with Crippen LogP contribution in [0.25, 0.3) is 11.5 Å². The van der Waals surface area contributed by atoms with Crippen molar-refractivity contribution in [3.8, 4) is 17.2 Å². The lowest BCUT2D eigenvalue weighted by Crippen LogP contribution is -2.49. The van der Waals surface area contributed by atoms with Crippen LogP contribution in [0.15, 0.2) is 46.1 Å². The highest BCUT2D eigenvalue weighted by atomic mass is 16.5. The molecule has 1 saturated heterocycles. The number of carbonyl (C=O) groups is 1. The van der Waals surface area contributed by atoms with Crippen LogP contribution in [0.1, 0.15) is 12.2 Å². The predicted octanol–water partition coefficient (Wildman–Crippen LogP) is 1.35. The third-order valence-corrected chi connectivity index (χ3v) is 5.30. The summed E-state index contributed by atoms with van der Waals surface area (Å²) in [6.45, 7) is 4.70. The Labute approximate surface area is 179 Å². The topological polar surface area (TPSA) is 107 Å². The number of carbonyl (C=O) groups excluding carboxylic acids is 1. The summed E-state index contributed by atoms with van der Waals surface area (Å²) in [6, 6.07) is 7.91. The molecule has 4 rings (SSSR count). The van der Waals surface area contributed by atoms with Crippen LogP contribution in [0.4, 0.5) is 5.69 Å². The van der Waals surface area contributed by atoms with Crippen molar-refractivity contribution < 1.29 is 14.1 Å². The first kappa shape index (κ1) is 20.6. The van der Waals surface area contributed by atoms with Gasteiger partial charge in [-0.05, 0) is 31.2 Å². The molecule has 1 aliphatic heterocycles. The lowest BCUT2D eigenvalue weighted by atomic mass is 10.2. The molecule has 10 nitrogen and oxygen atoms in total. The van der Waals surface area contributed by atoms with Gasteiger partial charge in [0.05, 0.1) is 13.4 Å². The lowest BCUT2D eigenvalue weighted by molar-refractivity contribution is -0.131. The number of nitrogens with zero attached hydrogens (tertiary/aromatic N) is 6. The van der Waals surface area contributed by atoms with Gasteiger partial charge in [-0.2, -0.15) is 4.98 Å². The van der Waals surface area contributed by atoms with E-state index in [1.165, 1.54) is 17.1 Å². The van der Waals surface area contributed by atoms with E-state index in [1.807, 2.05) is 29.2 Å². The summed E-state index contributed by atoms with van der Waals surface area (Å²) in [7, 11) is 1.64. The summed E-state index contributed by atoms with van der Waals surface area (Å²) in [5.74, 6) is 1.40. The molecule has 1 amide bonds.